The van der Waals surface area contributed by atoms with Crippen LogP contribution in [0.15, 0.2) is 0 Å². The second kappa shape index (κ2) is 7.24. The quantitative estimate of drug-likeness (QED) is 0.706. The minimum Gasteiger partial charge on any atom is -0.396 e. The zero-order chi connectivity index (χ0) is 10.2. The van der Waals surface area contributed by atoms with E-state index in [2.05, 4.69) is 11.8 Å². The van der Waals surface area contributed by atoms with Crippen LogP contribution in [0.5, 0.6) is 0 Å². The predicted molar refractivity (Wildman–Crippen MR) is 60.1 cm³/mol. The number of likely N-dealkylation sites (tertiary alicyclic amines) is 1. The molecule has 1 aliphatic heterocycles. The molecule has 1 saturated heterocycles. The standard InChI is InChI=1S/C12H24NO/c1-2-3-8-13-9-6-12(7-10-13)5-4-11-14/h12,14H,1-11H2. The summed E-state index contributed by atoms with van der Waals surface area (Å²) in [5.74, 6) is 0.873. The van der Waals surface area contributed by atoms with Crippen molar-refractivity contribution in [1.29, 1.82) is 0 Å². The van der Waals surface area contributed by atoms with Gasteiger partial charge in [0, 0.05) is 6.61 Å². The number of aliphatic hydroxyl groups is 1. The summed E-state index contributed by atoms with van der Waals surface area (Å²) in [4.78, 5) is 2.56. The smallest absolute Gasteiger partial charge is 0.0431 e. The Morgan fingerprint density at radius 2 is 1.93 bits per heavy atom. The topological polar surface area (TPSA) is 23.5 Å². The van der Waals surface area contributed by atoms with Gasteiger partial charge in [0.25, 0.3) is 0 Å². The lowest BCUT2D eigenvalue weighted by Crippen LogP contribution is -2.34. The Labute approximate surface area is 88.3 Å². The molecule has 2 nitrogen and oxygen atoms in total. The normalized spacial score (nSPS) is 20.1. The molecule has 1 rings (SSSR count). The molecule has 1 radical (unpaired) electrons. The molecule has 0 bridgehead atoms. The van der Waals surface area contributed by atoms with E-state index in [9.17, 15) is 0 Å². The first-order chi connectivity index (χ1) is 6.86. The third-order valence-corrected chi connectivity index (χ3v) is 3.20. The van der Waals surface area contributed by atoms with Crippen molar-refractivity contribution in [2.75, 3.05) is 26.2 Å². The van der Waals surface area contributed by atoms with Crippen LogP contribution in [0.2, 0.25) is 0 Å². The van der Waals surface area contributed by atoms with Crippen LogP contribution in [-0.2, 0) is 0 Å². The number of rotatable bonds is 6. The summed E-state index contributed by atoms with van der Waals surface area (Å²) in [6.45, 7) is 7.99. The highest BCUT2D eigenvalue weighted by atomic mass is 16.2. The SMILES string of the molecule is [CH2]CCCN1CCC(CCCO)CC1. The molecule has 0 unspecified atom stereocenters. The predicted octanol–water partition coefficient (Wildman–Crippen LogP) is 2.09. The van der Waals surface area contributed by atoms with Crippen molar-refractivity contribution in [1.82, 2.24) is 4.90 Å². The number of hydrogen-bond donors (Lipinski definition) is 1. The van der Waals surface area contributed by atoms with Crippen LogP contribution in [0.4, 0.5) is 0 Å². The van der Waals surface area contributed by atoms with Gasteiger partial charge in [-0.15, -0.1) is 0 Å². The molecule has 0 aromatic carbocycles. The third-order valence-electron chi connectivity index (χ3n) is 3.20. The first-order valence-corrected chi connectivity index (χ1v) is 5.99. The lowest BCUT2D eigenvalue weighted by Gasteiger charge is -2.31. The number of nitrogens with zero attached hydrogens (tertiary/aromatic N) is 1. The summed E-state index contributed by atoms with van der Waals surface area (Å²) in [6, 6.07) is 0. The summed E-state index contributed by atoms with van der Waals surface area (Å²) in [6.07, 6.45) is 7.17. The van der Waals surface area contributed by atoms with Gasteiger partial charge in [0.1, 0.15) is 0 Å². The molecule has 0 saturated carbocycles. The summed E-state index contributed by atoms with van der Waals surface area (Å²) in [7, 11) is 0. The summed E-state index contributed by atoms with van der Waals surface area (Å²) in [5, 5.41) is 8.75. The number of hydrogen-bond acceptors (Lipinski definition) is 2. The fourth-order valence-corrected chi connectivity index (χ4v) is 2.21. The van der Waals surface area contributed by atoms with E-state index >= 15 is 0 Å². The minimum atomic E-state index is 0.363. The van der Waals surface area contributed by atoms with Crippen LogP contribution in [0.3, 0.4) is 0 Å². The fourth-order valence-electron chi connectivity index (χ4n) is 2.21. The first-order valence-electron chi connectivity index (χ1n) is 5.99. The van der Waals surface area contributed by atoms with E-state index < -0.39 is 0 Å². The molecule has 1 fully saturated rings. The van der Waals surface area contributed by atoms with Gasteiger partial charge in [0.2, 0.25) is 0 Å². The molecule has 14 heavy (non-hydrogen) atoms. The van der Waals surface area contributed by atoms with Crippen molar-refractivity contribution in [3.05, 3.63) is 6.92 Å². The number of piperidine rings is 1. The van der Waals surface area contributed by atoms with Gasteiger partial charge in [-0.1, -0.05) is 13.3 Å². The fraction of sp³-hybridized carbons (Fsp3) is 0.917. The Hall–Kier alpha value is -0.0800. The van der Waals surface area contributed by atoms with Crippen LogP contribution in [0.25, 0.3) is 0 Å². The van der Waals surface area contributed by atoms with Crippen molar-refractivity contribution in [2.24, 2.45) is 5.92 Å². The zero-order valence-corrected chi connectivity index (χ0v) is 9.25. The summed E-state index contributed by atoms with van der Waals surface area (Å²) < 4.78 is 0. The minimum absolute atomic E-state index is 0.363. The van der Waals surface area contributed by atoms with Crippen LogP contribution >= 0.6 is 0 Å². The van der Waals surface area contributed by atoms with Gasteiger partial charge in [0.05, 0.1) is 0 Å². The second-order valence-electron chi connectivity index (χ2n) is 4.36. The average Bonchev–Trinajstić information content (AvgIpc) is 2.25. The van der Waals surface area contributed by atoms with Gasteiger partial charge in [-0.25, -0.2) is 0 Å². The van der Waals surface area contributed by atoms with E-state index in [1.807, 2.05) is 0 Å². The Balaban J connectivity index is 2.05. The first kappa shape index (κ1) is 12.0. The molecular formula is C12H24NO. The highest BCUT2D eigenvalue weighted by molar-refractivity contribution is 4.72. The zero-order valence-electron chi connectivity index (χ0n) is 9.25. The highest BCUT2D eigenvalue weighted by Crippen LogP contribution is 2.21. The molecule has 83 valence electrons. The number of unbranched alkanes of at least 4 members (excludes halogenated alkanes) is 1. The Morgan fingerprint density at radius 3 is 2.50 bits per heavy atom. The van der Waals surface area contributed by atoms with E-state index in [1.165, 1.54) is 45.3 Å². The van der Waals surface area contributed by atoms with Gasteiger partial charge in [0.15, 0.2) is 0 Å². The van der Waals surface area contributed by atoms with Crippen LogP contribution in [0.1, 0.15) is 38.5 Å². The largest absolute Gasteiger partial charge is 0.396 e. The Bertz CT molecular complexity index is 114. The van der Waals surface area contributed by atoms with Gasteiger partial charge in [-0.05, 0) is 57.7 Å². The van der Waals surface area contributed by atoms with E-state index in [0.29, 0.717) is 6.61 Å². The third kappa shape index (κ3) is 4.43. The van der Waals surface area contributed by atoms with Crippen molar-refractivity contribution < 1.29 is 5.11 Å². The van der Waals surface area contributed by atoms with Crippen LogP contribution < -0.4 is 0 Å². The maximum Gasteiger partial charge on any atom is 0.0431 e. The van der Waals surface area contributed by atoms with Gasteiger partial charge >= 0.3 is 0 Å². The Morgan fingerprint density at radius 1 is 1.21 bits per heavy atom. The molecule has 0 aromatic heterocycles. The van der Waals surface area contributed by atoms with E-state index in [4.69, 9.17) is 5.11 Å². The van der Waals surface area contributed by atoms with Crippen LogP contribution in [-0.4, -0.2) is 36.2 Å². The van der Waals surface area contributed by atoms with Crippen LogP contribution in [0, 0.1) is 12.8 Å². The average molecular weight is 198 g/mol. The molecule has 0 spiro atoms. The second-order valence-corrected chi connectivity index (χ2v) is 4.36. The summed E-state index contributed by atoms with van der Waals surface area (Å²) in [5.41, 5.74) is 0. The lowest BCUT2D eigenvalue weighted by atomic mass is 9.92. The maximum absolute atomic E-state index is 8.75. The molecular weight excluding hydrogens is 174 g/mol. The van der Waals surface area contributed by atoms with Gasteiger partial charge in [-0.3, -0.25) is 0 Å². The molecule has 1 N–H and O–H groups in total. The number of aliphatic hydroxyl groups excluding tert-OH is 1. The maximum atomic E-state index is 8.75. The van der Waals surface area contributed by atoms with Gasteiger partial charge < -0.3 is 10.0 Å². The van der Waals surface area contributed by atoms with E-state index in [0.717, 1.165) is 18.8 Å². The molecule has 1 heterocycles. The molecule has 0 atom stereocenters. The lowest BCUT2D eigenvalue weighted by molar-refractivity contribution is 0.169. The van der Waals surface area contributed by atoms with E-state index in [-0.39, 0.29) is 0 Å². The van der Waals surface area contributed by atoms with Crippen molar-refractivity contribution in [3.63, 3.8) is 0 Å². The summed E-state index contributed by atoms with van der Waals surface area (Å²) >= 11 is 0. The molecule has 0 amide bonds. The van der Waals surface area contributed by atoms with E-state index in [1.54, 1.807) is 0 Å². The highest BCUT2D eigenvalue weighted by Gasteiger charge is 2.17. The Kier molecular flexibility index (Phi) is 6.20. The van der Waals surface area contributed by atoms with Crippen molar-refractivity contribution in [2.45, 2.75) is 38.5 Å². The molecule has 0 aliphatic carbocycles. The van der Waals surface area contributed by atoms with Crippen molar-refractivity contribution >= 4 is 0 Å². The monoisotopic (exact) mass is 198 g/mol. The molecule has 1 aliphatic rings. The van der Waals surface area contributed by atoms with Crippen molar-refractivity contribution in [3.8, 4) is 0 Å². The van der Waals surface area contributed by atoms with Gasteiger partial charge in [-0.2, -0.15) is 0 Å². The molecule has 0 aromatic rings. The molecule has 2 heteroatoms.